The number of nitrogens with one attached hydrogen (secondary N) is 2. The quantitative estimate of drug-likeness (QED) is 0.662. The van der Waals surface area contributed by atoms with Crippen molar-refractivity contribution < 1.29 is 23.5 Å². The van der Waals surface area contributed by atoms with Crippen LogP contribution < -0.4 is 20.1 Å². The second-order valence-electron chi connectivity index (χ2n) is 5.34. The summed E-state index contributed by atoms with van der Waals surface area (Å²) in [4.78, 5) is 24.4. The van der Waals surface area contributed by atoms with Crippen LogP contribution in [0.1, 0.15) is 16.1 Å². The van der Waals surface area contributed by atoms with E-state index < -0.39 is 11.7 Å². The molecule has 0 saturated carbocycles. The highest BCUT2D eigenvalue weighted by molar-refractivity contribution is 7.12. The standard InChI is InChI=1S/C18H18ClFN2O4S/c1-11(5-7-21-18(24)17-15(25-2)6-8-27-17)22-16(23)10-26-12-3-4-13(19)14(20)9-12/h3-4,6,8-9H,1,5,7,10H2,2H3,(H,21,24)(H,22,23). The molecule has 144 valence electrons. The number of rotatable bonds is 9. The lowest BCUT2D eigenvalue weighted by molar-refractivity contribution is -0.122. The largest absolute Gasteiger partial charge is 0.495 e. The van der Waals surface area contributed by atoms with Gasteiger partial charge < -0.3 is 20.1 Å². The summed E-state index contributed by atoms with van der Waals surface area (Å²) in [6.07, 6.45) is 0.348. The number of thiophene rings is 1. The van der Waals surface area contributed by atoms with Gasteiger partial charge in [0.05, 0.1) is 12.1 Å². The molecule has 0 bridgehead atoms. The summed E-state index contributed by atoms with van der Waals surface area (Å²) in [7, 11) is 1.50. The number of carbonyl (C=O) groups is 2. The highest BCUT2D eigenvalue weighted by Gasteiger charge is 2.13. The molecule has 0 saturated heterocycles. The van der Waals surface area contributed by atoms with Gasteiger partial charge in [-0.05, 0) is 23.6 Å². The van der Waals surface area contributed by atoms with Gasteiger partial charge >= 0.3 is 0 Å². The number of carbonyl (C=O) groups excluding carboxylic acids is 2. The van der Waals surface area contributed by atoms with E-state index in [1.807, 2.05) is 0 Å². The van der Waals surface area contributed by atoms with E-state index in [-0.39, 0.29) is 23.3 Å². The maximum absolute atomic E-state index is 13.3. The van der Waals surface area contributed by atoms with Gasteiger partial charge in [-0.3, -0.25) is 9.59 Å². The third kappa shape index (κ3) is 6.26. The topological polar surface area (TPSA) is 76.7 Å². The summed E-state index contributed by atoms with van der Waals surface area (Å²) in [5.41, 5.74) is 0.421. The van der Waals surface area contributed by atoms with Crippen LogP contribution >= 0.6 is 22.9 Å². The number of ether oxygens (including phenoxy) is 2. The molecule has 0 unspecified atom stereocenters. The smallest absolute Gasteiger partial charge is 0.265 e. The summed E-state index contributed by atoms with van der Waals surface area (Å²) in [5, 5.41) is 7.02. The molecule has 2 amide bonds. The molecule has 0 spiro atoms. The Morgan fingerprint density at radius 2 is 2.11 bits per heavy atom. The first kappa shape index (κ1) is 20.7. The maximum Gasteiger partial charge on any atom is 0.265 e. The van der Waals surface area contributed by atoms with Crippen LogP contribution in [0.2, 0.25) is 5.02 Å². The van der Waals surface area contributed by atoms with Crippen LogP contribution in [0.15, 0.2) is 41.9 Å². The molecule has 0 aliphatic heterocycles. The van der Waals surface area contributed by atoms with Gasteiger partial charge in [0.15, 0.2) is 6.61 Å². The van der Waals surface area contributed by atoms with Crippen molar-refractivity contribution in [1.82, 2.24) is 10.6 Å². The molecular weight excluding hydrogens is 395 g/mol. The molecule has 27 heavy (non-hydrogen) atoms. The van der Waals surface area contributed by atoms with E-state index in [1.165, 1.54) is 30.6 Å². The van der Waals surface area contributed by atoms with Crippen molar-refractivity contribution in [2.75, 3.05) is 20.3 Å². The molecule has 0 radical (unpaired) electrons. The first-order chi connectivity index (χ1) is 12.9. The van der Waals surface area contributed by atoms with Crippen molar-refractivity contribution >= 4 is 34.8 Å². The van der Waals surface area contributed by atoms with E-state index in [2.05, 4.69) is 17.2 Å². The Hall–Kier alpha value is -2.58. The Morgan fingerprint density at radius 3 is 2.81 bits per heavy atom. The summed E-state index contributed by atoms with van der Waals surface area (Å²) >= 11 is 6.85. The van der Waals surface area contributed by atoms with Gasteiger partial charge in [0, 0.05) is 24.7 Å². The molecule has 0 aliphatic rings. The zero-order chi connectivity index (χ0) is 19.8. The van der Waals surface area contributed by atoms with Gasteiger partial charge in [-0.25, -0.2) is 4.39 Å². The van der Waals surface area contributed by atoms with E-state index in [0.29, 0.717) is 29.3 Å². The predicted octanol–water partition coefficient (Wildman–Crippen LogP) is 3.38. The van der Waals surface area contributed by atoms with Crippen LogP contribution in [0, 0.1) is 5.82 Å². The molecule has 0 aliphatic carbocycles. The highest BCUT2D eigenvalue weighted by atomic mass is 35.5. The Labute approximate surface area is 164 Å². The number of methoxy groups -OCH3 is 1. The summed E-state index contributed by atoms with van der Waals surface area (Å²) < 4.78 is 23.6. The van der Waals surface area contributed by atoms with Crippen LogP contribution in [-0.2, 0) is 4.79 Å². The Kier molecular flexibility index (Phi) is 7.63. The number of hydrogen-bond donors (Lipinski definition) is 2. The van der Waals surface area contributed by atoms with Crippen molar-refractivity contribution in [3.05, 3.63) is 57.6 Å². The van der Waals surface area contributed by atoms with Crippen LogP contribution in [0.3, 0.4) is 0 Å². The molecule has 9 heteroatoms. The van der Waals surface area contributed by atoms with Crippen molar-refractivity contribution in [2.24, 2.45) is 0 Å². The van der Waals surface area contributed by atoms with Crippen molar-refractivity contribution in [2.45, 2.75) is 6.42 Å². The van der Waals surface area contributed by atoms with E-state index >= 15 is 0 Å². The minimum atomic E-state index is -0.628. The fourth-order valence-electron chi connectivity index (χ4n) is 2.04. The Morgan fingerprint density at radius 1 is 1.33 bits per heavy atom. The molecule has 1 aromatic heterocycles. The zero-order valence-corrected chi connectivity index (χ0v) is 16.1. The zero-order valence-electron chi connectivity index (χ0n) is 14.5. The Balaban J connectivity index is 1.69. The molecular formula is C18H18ClFN2O4S. The van der Waals surface area contributed by atoms with E-state index in [0.717, 1.165) is 6.07 Å². The first-order valence-corrected chi connectivity index (χ1v) is 9.11. The molecule has 2 N–H and O–H groups in total. The molecule has 2 aromatic rings. The second kappa shape index (κ2) is 9.94. The van der Waals surface area contributed by atoms with Crippen molar-refractivity contribution in [3.63, 3.8) is 0 Å². The fraction of sp³-hybridized carbons (Fsp3) is 0.222. The minimum Gasteiger partial charge on any atom is -0.495 e. The van der Waals surface area contributed by atoms with E-state index in [4.69, 9.17) is 21.1 Å². The third-order valence-corrected chi connectivity index (χ3v) is 4.55. The molecule has 0 fully saturated rings. The fourth-order valence-corrected chi connectivity index (χ4v) is 2.93. The maximum atomic E-state index is 13.3. The summed E-state index contributed by atoms with van der Waals surface area (Å²) in [6, 6.07) is 5.61. The number of amides is 2. The van der Waals surface area contributed by atoms with Crippen LogP contribution in [0.4, 0.5) is 4.39 Å². The summed E-state index contributed by atoms with van der Waals surface area (Å²) in [5.74, 6) is -0.622. The monoisotopic (exact) mass is 412 g/mol. The lowest BCUT2D eigenvalue weighted by Gasteiger charge is -2.10. The van der Waals surface area contributed by atoms with Gasteiger partial charge in [-0.2, -0.15) is 0 Å². The lowest BCUT2D eigenvalue weighted by Crippen LogP contribution is -2.30. The van der Waals surface area contributed by atoms with Crippen LogP contribution in [0.25, 0.3) is 0 Å². The van der Waals surface area contributed by atoms with E-state index in [9.17, 15) is 14.0 Å². The van der Waals surface area contributed by atoms with Crippen LogP contribution in [0.5, 0.6) is 11.5 Å². The average Bonchev–Trinajstić information content (AvgIpc) is 3.11. The van der Waals surface area contributed by atoms with Gasteiger partial charge in [0.25, 0.3) is 11.8 Å². The van der Waals surface area contributed by atoms with Crippen LogP contribution in [-0.4, -0.2) is 32.1 Å². The molecule has 0 atom stereocenters. The average molecular weight is 413 g/mol. The molecule has 1 aromatic carbocycles. The van der Waals surface area contributed by atoms with Gasteiger partial charge in [0.1, 0.15) is 22.2 Å². The Bertz CT molecular complexity index is 841. The first-order valence-electron chi connectivity index (χ1n) is 7.86. The molecule has 1 heterocycles. The molecule has 6 nitrogen and oxygen atoms in total. The van der Waals surface area contributed by atoms with E-state index in [1.54, 1.807) is 11.4 Å². The predicted molar refractivity (Wildman–Crippen MR) is 102 cm³/mol. The third-order valence-electron chi connectivity index (χ3n) is 3.34. The number of benzene rings is 1. The van der Waals surface area contributed by atoms with Gasteiger partial charge in [0.2, 0.25) is 0 Å². The molecule has 2 rings (SSSR count). The van der Waals surface area contributed by atoms with Crippen molar-refractivity contribution in [3.8, 4) is 11.5 Å². The van der Waals surface area contributed by atoms with Gasteiger partial charge in [-0.15, -0.1) is 11.3 Å². The second-order valence-corrected chi connectivity index (χ2v) is 6.66. The SMILES string of the molecule is C=C(CCNC(=O)c1sccc1OC)NC(=O)COc1ccc(Cl)c(F)c1. The highest BCUT2D eigenvalue weighted by Crippen LogP contribution is 2.24. The number of hydrogen-bond acceptors (Lipinski definition) is 5. The van der Waals surface area contributed by atoms with Gasteiger partial charge in [-0.1, -0.05) is 18.2 Å². The lowest BCUT2D eigenvalue weighted by atomic mass is 10.3. The minimum absolute atomic E-state index is 0.0256. The summed E-state index contributed by atoms with van der Waals surface area (Å²) in [6.45, 7) is 3.72. The van der Waals surface area contributed by atoms with Crippen molar-refractivity contribution in [1.29, 1.82) is 0 Å². The number of halogens is 2. The normalized spacial score (nSPS) is 10.2.